The summed E-state index contributed by atoms with van der Waals surface area (Å²) in [4.78, 5) is 18.3. The second-order valence-corrected chi connectivity index (χ2v) is 8.38. The highest BCUT2D eigenvalue weighted by Crippen LogP contribution is 2.35. The summed E-state index contributed by atoms with van der Waals surface area (Å²) in [5.74, 6) is 0.393. The normalized spacial score (nSPS) is 17.4. The summed E-state index contributed by atoms with van der Waals surface area (Å²) in [5.41, 5.74) is 3.67. The Labute approximate surface area is 172 Å². The van der Waals surface area contributed by atoms with E-state index in [0.717, 1.165) is 17.5 Å². The minimum atomic E-state index is -0.828. The topological polar surface area (TPSA) is 56.3 Å². The summed E-state index contributed by atoms with van der Waals surface area (Å²) in [6.07, 6.45) is 4.67. The summed E-state index contributed by atoms with van der Waals surface area (Å²) < 4.78 is 0. The van der Waals surface area contributed by atoms with Crippen molar-refractivity contribution in [2.45, 2.75) is 51.0 Å². The molecule has 1 amide bonds. The van der Waals surface area contributed by atoms with Gasteiger partial charge in [0.1, 0.15) is 0 Å². The van der Waals surface area contributed by atoms with Crippen LogP contribution in [0.5, 0.6) is 0 Å². The van der Waals surface area contributed by atoms with Crippen molar-refractivity contribution in [1.82, 2.24) is 9.88 Å². The van der Waals surface area contributed by atoms with Crippen LogP contribution in [-0.4, -0.2) is 34.0 Å². The number of carbonyl (C=O) groups excluding carboxylic acids is 1. The molecule has 4 rings (SSSR count). The highest BCUT2D eigenvalue weighted by Gasteiger charge is 2.35. The number of nitrogens with one attached hydrogen (secondary N) is 1. The Balaban J connectivity index is 1.42. The van der Waals surface area contributed by atoms with Gasteiger partial charge in [-0.25, -0.2) is 0 Å². The van der Waals surface area contributed by atoms with Crippen LogP contribution in [0.15, 0.2) is 54.7 Å². The van der Waals surface area contributed by atoms with E-state index < -0.39 is 5.60 Å². The lowest BCUT2D eigenvalue weighted by Crippen LogP contribution is -2.45. The van der Waals surface area contributed by atoms with Crippen LogP contribution in [0.2, 0.25) is 0 Å². The van der Waals surface area contributed by atoms with Crippen LogP contribution in [0.1, 0.15) is 55.2 Å². The fraction of sp³-hybridized carbons (Fsp3) is 0.400. The molecule has 4 nitrogen and oxygen atoms in total. The average molecular weight is 391 g/mol. The van der Waals surface area contributed by atoms with Crippen molar-refractivity contribution >= 4 is 16.8 Å². The standard InChI is InChI=1S/C25H30N2O2/c1-3-19(22-17-26-23-7-5-4-6-21(22)23)16-24(28)27-14-12-25(29,13-15-27)20-10-8-18(2)9-11-20/h4-11,17,19,26,29H,3,12-16H2,1-2H3/t19-/m0/s1. The van der Waals surface area contributed by atoms with E-state index in [1.165, 1.54) is 16.5 Å². The quantitative estimate of drug-likeness (QED) is 0.653. The van der Waals surface area contributed by atoms with Gasteiger partial charge in [-0.3, -0.25) is 4.79 Å². The lowest BCUT2D eigenvalue weighted by atomic mass is 9.83. The molecular formula is C25H30N2O2. The number of amides is 1. The number of likely N-dealkylation sites (tertiary alicyclic amines) is 1. The molecule has 1 aliphatic rings. The molecule has 3 aromatic rings. The summed E-state index contributed by atoms with van der Waals surface area (Å²) in [6.45, 7) is 5.40. The molecule has 2 N–H and O–H groups in total. The first-order valence-corrected chi connectivity index (χ1v) is 10.6. The molecule has 2 aromatic carbocycles. The van der Waals surface area contributed by atoms with Gasteiger partial charge in [0.25, 0.3) is 0 Å². The minimum Gasteiger partial charge on any atom is -0.385 e. The van der Waals surface area contributed by atoms with E-state index >= 15 is 0 Å². The van der Waals surface area contributed by atoms with E-state index in [1.54, 1.807) is 0 Å². The number of hydrogen-bond acceptors (Lipinski definition) is 2. The third-order valence-electron chi connectivity index (χ3n) is 6.51. The number of nitrogens with zero attached hydrogens (tertiary/aromatic N) is 1. The van der Waals surface area contributed by atoms with Gasteiger partial charge in [0.15, 0.2) is 0 Å². The van der Waals surface area contributed by atoms with Crippen molar-refractivity contribution in [3.63, 3.8) is 0 Å². The Hall–Kier alpha value is -2.59. The zero-order valence-corrected chi connectivity index (χ0v) is 17.3. The monoisotopic (exact) mass is 390 g/mol. The van der Waals surface area contributed by atoms with Crippen molar-refractivity contribution in [1.29, 1.82) is 0 Å². The van der Waals surface area contributed by atoms with E-state index in [4.69, 9.17) is 0 Å². The van der Waals surface area contributed by atoms with E-state index in [2.05, 4.69) is 30.2 Å². The Kier molecular flexibility index (Phi) is 5.46. The lowest BCUT2D eigenvalue weighted by Gasteiger charge is -2.39. The summed E-state index contributed by atoms with van der Waals surface area (Å²) in [6, 6.07) is 16.4. The van der Waals surface area contributed by atoms with Gasteiger partial charge in [-0.1, -0.05) is 55.0 Å². The fourth-order valence-electron chi connectivity index (χ4n) is 4.52. The Morgan fingerprint density at radius 2 is 1.83 bits per heavy atom. The number of para-hydroxylation sites is 1. The minimum absolute atomic E-state index is 0.188. The molecule has 0 spiro atoms. The molecule has 0 saturated carbocycles. The Morgan fingerprint density at radius 1 is 1.14 bits per heavy atom. The molecule has 4 heteroatoms. The van der Waals surface area contributed by atoms with Crippen molar-refractivity contribution in [3.8, 4) is 0 Å². The van der Waals surface area contributed by atoms with Crippen LogP contribution in [-0.2, 0) is 10.4 Å². The molecule has 1 saturated heterocycles. The molecule has 1 aromatic heterocycles. The maximum Gasteiger partial charge on any atom is 0.223 e. The highest BCUT2D eigenvalue weighted by atomic mass is 16.3. The first-order chi connectivity index (χ1) is 14.0. The first-order valence-electron chi connectivity index (χ1n) is 10.6. The van der Waals surface area contributed by atoms with Crippen LogP contribution < -0.4 is 0 Å². The van der Waals surface area contributed by atoms with Crippen LogP contribution in [0.25, 0.3) is 10.9 Å². The highest BCUT2D eigenvalue weighted by molar-refractivity contribution is 5.85. The van der Waals surface area contributed by atoms with Crippen LogP contribution >= 0.6 is 0 Å². The van der Waals surface area contributed by atoms with Gasteiger partial charge in [0.05, 0.1) is 5.60 Å². The number of aryl methyl sites for hydroxylation is 1. The van der Waals surface area contributed by atoms with Gasteiger partial charge in [0.2, 0.25) is 5.91 Å². The predicted molar refractivity (Wildman–Crippen MR) is 117 cm³/mol. The van der Waals surface area contributed by atoms with Crippen molar-refractivity contribution in [2.24, 2.45) is 0 Å². The van der Waals surface area contributed by atoms with Crippen molar-refractivity contribution < 1.29 is 9.90 Å². The summed E-state index contributed by atoms with van der Waals surface area (Å²) in [7, 11) is 0. The molecule has 0 aliphatic carbocycles. The molecule has 1 fully saturated rings. The summed E-state index contributed by atoms with van der Waals surface area (Å²) in [5, 5.41) is 12.3. The van der Waals surface area contributed by atoms with E-state index in [9.17, 15) is 9.90 Å². The maximum atomic E-state index is 13.0. The van der Waals surface area contributed by atoms with Gasteiger partial charge < -0.3 is 15.0 Å². The van der Waals surface area contributed by atoms with Gasteiger partial charge in [0, 0.05) is 36.6 Å². The molecular weight excluding hydrogens is 360 g/mol. The number of hydrogen-bond donors (Lipinski definition) is 2. The number of aromatic amines is 1. The zero-order valence-electron chi connectivity index (χ0n) is 17.3. The molecule has 0 unspecified atom stereocenters. The van der Waals surface area contributed by atoms with E-state index in [0.29, 0.717) is 32.4 Å². The number of carbonyl (C=O) groups is 1. The molecule has 29 heavy (non-hydrogen) atoms. The number of benzene rings is 2. The van der Waals surface area contributed by atoms with Gasteiger partial charge >= 0.3 is 0 Å². The molecule has 1 aliphatic heterocycles. The van der Waals surface area contributed by atoms with Crippen LogP contribution in [0.3, 0.4) is 0 Å². The maximum absolute atomic E-state index is 13.0. The van der Waals surface area contributed by atoms with Crippen LogP contribution in [0.4, 0.5) is 0 Å². The number of H-pyrrole nitrogens is 1. The molecule has 0 radical (unpaired) electrons. The molecule has 2 heterocycles. The second kappa shape index (κ2) is 8.03. The van der Waals surface area contributed by atoms with Crippen molar-refractivity contribution in [3.05, 3.63) is 71.4 Å². The molecule has 1 atom stereocenters. The first kappa shape index (κ1) is 19.7. The van der Waals surface area contributed by atoms with Crippen LogP contribution in [0, 0.1) is 6.92 Å². The Bertz CT molecular complexity index is 981. The number of aromatic nitrogens is 1. The SMILES string of the molecule is CC[C@@H](CC(=O)N1CCC(O)(c2ccc(C)cc2)CC1)c1c[nH]c2ccccc12. The zero-order chi connectivity index (χ0) is 20.4. The van der Waals surface area contributed by atoms with Gasteiger partial charge in [-0.05, 0) is 49.3 Å². The largest absolute Gasteiger partial charge is 0.385 e. The summed E-state index contributed by atoms with van der Waals surface area (Å²) >= 11 is 0. The average Bonchev–Trinajstić information content (AvgIpc) is 3.17. The third-order valence-corrected chi connectivity index (χ3v) is 6.51. The van der Waals surface area contributed by atoms with E-state index in [1.807, 2.05) is 48.2 Å². The number of aliphatic hydroxyl groups is 1. The lowest BCUT2D eigenvalue weighted by molar-refractivity contribution is -0.136. The number of fused-ring (bicyclic) bond motifs is 1. The van der Waals surface area contributed by atoms with Crippen molar-refractivity contribution in [2.75, 3.05) is 13.1 Å². The smallest absolute Gasteiger partial charge is 0.223 e. The number of rotatable bonds is 5. The van der Waals surface area contributed by atoms with E-state index in [-0.39, 0.29) is 11.8 Å². The Morgan fingerprint density at radius 3 is 2.52 bits per heavy atom. The fourth-order valence-corrected chi connectivity index (χ4v) is 4.52. The third kappa shape index (κ3) is 3.95. The second-order valence-electron chi connectivity index (χ2n) is 8.38. The molecule has 0 bridgehead atoms. The number of piperidine rings is 1. The van der Waals surface area contributed by atoms with Gasteiger partial charge in [-0.15, -0.1) is 0 Å². The molecule has 152 valence electrons. The predicted octanol–water partition coefficient (Wildman–Crippen LogP) is 4.87. The van der Waals surface area contributed by atoms with Gasteiger partial charge in [-0.2, -0.15) is 0 Å².